The Bertz CT molecular complexity index is 1080. The number of benzene rings is 1. The molecule has 0 bridgehead atoms. The Morgan fingerprint density at radius 2 is 1.82 bits per heavy atom. The minimum Gasteiger partial charge on any atom is -0.459 e. The fourth-order valence-electron chi connectivity index (χ4n) is 3.19. The molecule has 2 heterocycles. The summed E-state index contributed by atoms with van der Waals surface area (Å²) in [5.41, 5.74) is -0.250. The molecule has 2 aromatic rings. The summed E-state index contributed by atoms with van der Waals surface area (Å²) in [5.74, 6) is -5.40. The van der Waals surface area contributed by atoms with E-state index in [0.29, 0.717) is 25.0 Å². The summed E-state index contributed by atoms with van der Waals surface area (Å²) in [5, 5.41) is 11.1. The average Bonchev–Trinajstić information content (AvgIpc) is 3.25. The summed E-state index contributed by atoms with van der Waals surface area (Å²) in [6, 6.07) is 2.36. The van der Waals surface area contributed by atoms with Crippen molar-refractivity contribution in [2.24, 2.45) is 0 Å². The maximum Gasteiger partial charge on any atom is 0.397 e. The number of carbonyl (C=O) groups is 4. The number of nitrogens with zero attached hydrogens (tertiary/aromatic N) is 2. The number of hydrogen-bond acceptors (Lipinski definition) is 6. The van der Waals surface area contributed by atoms with Crippen molar-refractivity contribution in [2.45, 2.75) is 25.8 Å². The maximum atomic E-state index is 13.4. The Morgan fingerprint density at radius 3 is 2.48 bits per heavy atom. The molecule has 0 saturated carbocycles. The van der Waals surface area contributed by atoms with Crippen LogP contribution in [0, 0.1) is 11.6 Å². The van der Waals surface area contributed by atoms with Gasteiger partial charge in [-0.1, -0.05) is 11.6 Å². The van der Waals surface area contributed by atoms with E-state index in [-0.39, 0.29) is 47.8 Å². The van der Waals surface area contributed by atoms with Crippen LogP contribution in [-0.2, 0) is 14.3 Å². The van der Waals surface area contributed by atoms with Gasteiger partial charge in [0.15, 0.2) is 17.5 Å². The van der Waals surface area contributed by atoms with E-state index in [4.69, 9.17) is 16.3 Å². The first kappa shape index (κ1) is 24.1. The summed E-state index contributed by atoms with van der Waals surface area (Å²) < 4.78 is 31.3. The summed E-state index contributed by atoms with van der Waals surface area (Å²) in [7, 11) is 0. The third kappa shape index (κ3) is 5.83. The predicted octanol–water partition coefficient (Wildman–Crippen LogP) is 1.88. The number of carbonyl (C=O) groups excluding carboxylic acids is 4. The summed E-state index contributed by atoms with van der Waals surface area (Å²) in [4.78, 5) is 49.6. The SMILES string of the molecule is CCOC(=O)C(=O)N1CCC(NC(=O)c2cc(NC(=O)c3cc(F)c(F)cc3Cl)n[nH]2)CC1. The van der Waals surface area contributed by atoms with Gasteiger partial charge in [0.2, 0.25) is 0 Å². The van der Waals surface area contributed by atoms with Gasteiger partial charge in [-0.05, 0) is 31.9 Å². The number of likely N-dealkylation sites (tertiary alicyclic amines) is 1. The van der Waals surface area contributed by atoms with Crippen molar-refractivity contribution in [1.29, 1.82) is 0 Å². The standard InChI is InChI=1S/C20H20ClF2N5O5/c1-2-33-20(32)19(31)28-5-3-10(4-6-28)24-18(30)15-9-16(27-26-15)25-17(29)11-7-13(22)14(23)8-12(11)21/h7-10H,2-6H2,1H3,(H,24,30)(H2,25,26,27,29). The molecule has 176 valence electrons. The third-order valence-corrected chi connectivity index (χ3v) is 5.20. The van der Waals surface area contributed by atoms with Gasteiger partial charge in [-0.2, -0.15) is 5.10 Å². The molecular weight excluding hydrogens is 464 g/mol. The topological polar surface area (TPSA) is 133 Å². The van der Waals surface area contributed by atoms with Crippen LogP contribution >= 0.6 is 11.6 Å². The van der Waals surface area contributed by atoms with Gasteiger partial charge in [-0.25, -0.2) is 13.6 Å². The van der Waals surface area contributed by atoms with Crippen LogP contribution in [0.5, 0.6) is 0 Å². The third-order valence-electron chi connectivity index (χ3n) is 4.89. The smallest absolute Gasteiger partial charge is 0.397 e. The lowest BCUT2D eigenvalue weighted by molar-refractivity contribution is -0.160. The zero-order valence-corrected chi connectivity index (χ0v) is 18.2. The van der Waals surface area contributed by atoms with Crippen molar-refractivity contribution in [2.75, 3.05) is 25.0 Å². The molecule has 1 aromatic heterocycles. The number of aromatic nitrogens is 2. The van der Waals surface area contributed by atoms with Crippen LogP contribution in [-0.4, -0.2) is 64.5 Å². The van der Waals surface area contributed by atoms with Gasteiger partial charge in [0.25, 0.3) is 11.8 Å². The van der Waals surface area contributed by atoms with Gasteiger partial charge >= 0.3 is 11.9 Å². The second-order valence-electron chi connectivity index (χ2n) is 7.13. The fourth-order valence-corrected chi connectivity index (χ4v) is 3.43. The molecule has 1 fully saturated rings. The second-order valence-corrected chi connectivity index (χ2v) is 7.53. The molecule has 33 heavy (non-hydrogen) atoms. The van der Waals surface area contributed by atoms with Gasteiger partial charge in [0.1, 0.15) is 5.69 Å². The average molecular weight is 484 g/mol. The number of aromatic amines is 1. The van der Waals surface area contributed by atoms with Gasteiger partial charge in [0.05, 0.1) is 17.2 Å². The highest BCUT2D eigenvalue weighted by Crippen LogP contribution is 2.21. The number of halogens is 3. The van der Waals surface area contributed by atoms with E-state index in [9.17, 15) is 28.0 Å². The van der Waals surface area contributed by atoms with Gasteiger partial charge in [0, 0.05) is 25.2 Å². The molecule has 1 saturated heterocycles. The Kier molecular flexibility index (Phi) is 7.59. The molecule has 3 N–H and O–H groups in total. The first-order valence-corrected chi connectivity index (χ1v) is 10.4. The molecule has 0 atom stereocenters. The Hall–Kier alpha value is -3.54. The lowest BCUT2D eigenvalue weighted by Gasteiger charge is -2.31. The number of anilines is 1. The van der Waals surface area contributed by atoms with Crippen LogP contribution in [0.3, 0.4) is 0 Å². The summed E-state index contributed by atoms with van der Waals surface area (Å²) in [6.07, 6.45) is 0.868. The molecule has 13 heteroatoms. The number of nitrogens with one attached hydrogen (secondary N) is 3. The minimum atomic E-state index is -1.23. The van der Waals surface area contributed by atoms with E-state index in [1.165, 1.54) is 11.0 Å². The number of amides is 3. The van der Waals surface area contributed by atoms with Crippen LogP contribution < -0.4 is 10.6 Å². The van der Waals surface area contributed by atoms with Gasteiger partial charge < -0.3 is 20.3 Å². The zero-order chi connectivity index (χ0) is 24.1. The van der Waals surface area contributed by atoms with Gasteiger partial charge in [-0.15, -0.1) is 0 Å². The number of ether oxygens (including phenoxy) is 1. The van der Waals surface area contributed by atoms with E-state index in [0.717, 1.165) is 0 Å². The zero-order valence-electron chi connectivity index (χ0n) is 17.4. The lowest BCUT2D eigenvalue weighted by atomic mass is 10.0. The molecule has 1 aromatic carbocycles. The lowest BCUT2D eigenvalue weighted by Crippen LogP contribution is -2.48. The highest BCUT2D eigenvalue weighted by Gasteiger charge is 2.29. The molecule has 1 aliphatic rings. The quantitative estimate of drug-likeness (QED) is 0.338. The molecule has 0 aliphatic carbocycles. The molecule has 10 nitrogen and oxygen atoms in total. The van der Waals surface area contributed by atoms with Crippen molar-refractivity contribution < 1.29 is 32.7 Å². The highest BCUT2D eigenvalue weighted by atomic mass is 35.5. The number of esters is 1. The Balaban J connectivity index is 1.53. The van der Waals surface area contributed by atoms with Crippen molar-refractivity contribution in [1.82, 2.24) is 20.4 Å². The van der Waals surface area contributed by atoms with E-state index in [2.05, 4.69) is 20.8 Å². The largest absolute Gasteiger partial charge is 0.459 e. The highest BCUT2D eigenvalue weighted by molar-refractivity contribution is 6.34. The molecule has 3 rings (SSSR count). The van der Waals surface area contributed by atoms with Gasteiger partial charge in [-0.3, -0.25) is 19.5 Å². The fraction of sp³-hybridized carbons (Fsp3) is 0.350. The van der Waals surface area contributed by atoms with E-state index in [1.54, 1.807) is 6.92 Å². The van der Waals surface area contributed by atoms with Crippen LogP contribution in [0.1, 0.15) is 40.6 Å². The monoisotopic (exact) mass is 483 g/mol. The minimum absolute atomic E-state index is 0.0270. The Labute approximate surface area is 191 Å². The van der Waals surface area contributed by atoms with Crippen molar-refractivity contribution in [3.05, 3.63) is 46.1 Å². The maximum absolute atomic E-state index is 13.4. The van der Waals surface area contributed by atoms with Crippen molar-refractivity contribution in [3.8, 4) is 0 Å². The molecule has 0 unspecified atom stereocenters. The summed E-state index contributed by atoms with van der Waals surface area (Å²) in [6.45, 7) is 2.28. The van der Waals surface area contributed by atoms with Crippen molar-refractivity contribution >= 4 is 41.1 Å². The molecule has 3 amide bonds. The number of piperidine rings is 1. The molecule has 1 aliphatic heterocycles. The normalized spacial score (nSPS) is 14.0. The van der Waals surface area contributed by atoms with Crippen LogP contribution in [0.2, 0.25) is 5.02 Å². The first-order valence-electron chi connectivity index (χ1n) is 9.97. The second kappa shape index (κ2) is 10.4. The van der Waals surface area contributed by atoms with E-state index < -0.39 is 35.3 Å². The summed E-state index contributed by atoms with van der Waals surface area (Å²) >= 11 is 5.78. The number of hydrogen-bond donors (Lipinski definition) is 3. The van der Waals surface area contributed by atoms with E-state index >= 15 is 0 Å². The number of rotatable bonds is 5. The first-order chi connectivity index (χ1) is 15.7. The van der Waals surface area contributed by atoms with Crippen LogP contribution in [0.4, 0.5) is 14.6 Å². The van der Waals surface area contributed by atoms with Crippen LogP contribution in [0.15, 0.2) is 18.2 Å². The Morgan fingerprint density at radius 1 is 1.15 bits per heavy atom. The molecule has 0 radical (unpaired) electrons. The molecular formula is C20H20ClF2N5O5. The molecule has 0 spiro atoms. The number of H-pyrrole nitrogens is 1. The van der Waals surface area contributed by atoms with E-state index in [1.807, 2.05) is 0 Å². The predicted molar refractivity (Wildman–Crippen MR) is 112 cm³/mol. The van der Waals surface area contributed by atoms with Crippen LogP contribution in [0.25, 0.3) is 0 Å². The van der Waals surface area contributed by atoms with Crippen molar-refractivity contribution in [3.63, 3.8) is 0 Å².